The van der Waals surface area contributed by atoms with Gasteiger partial charge in [0.1, 0.15) is 13.2 Å². The Labute approximate surface area is 510 Å². The molecule has 0 bridgehead atoms. The van der Waals surface area contributed by atoms with E-state index in [4.69, 9.17) is 14.2 Å². The van der Waals surface area contributed by atoms with Crippen LogP contribution in [-0.2, 0) is 28.6 Å². The van der Waals surface area contributed by atoms with E-state index in [9.17, 15) is 14.4 Å². The van der Waals surface area contributed by atoms with Gasteiger partial charge in [0.05, 0.1) is 0 Å². The number of hydrogen-bond donors (Lipinski definition) is 0. The molecule has 0 radical (unpaired) electrons. The number of allylic oxidation sites excluding steroid dienone is 10. The third-order valence-corrected chi connectivity index (χ3v) is 16.2. The molecular weight excluding hydrogens is 1010 g/mol. The van der Waals surface area contributed by atoms with Gasteiger partial charge in [0.15, 0.2) is 6.10 Å². The summed E-state index contributed by atoms with van der Waals surface area (Å²) in [5, 5.41) is 0. The fraction of sp³-hybridized carbons (Fsp3) is 0.829. The first-order chi connectivity index (χ1) is 40.5. The van der Waals surface area contributed by atoms with Crippen molar-refractivity contribution in [2.45, 2.75) is 393 Å². The third kappa shape index (κ3) is 67.9. The number of unbranched alkanes of at least 4 members (excludes halogenated alkanes) is 46. The number of carbonyl (C=O) groups excluding carboxylic acids is 3. The molecule has 0 aliphatic carbocycles. The lowest BCUT2D eigenvalue weighted by atomic mass is 10.0. The predicted octanol–water partition coefficient (Wildman–Crippen LogP) is 25.1. The summed E-state index contributed by atoms with van der Waals surface area (Å²) in [5.74, 6) is -0.874. The van der Waals surface area contributed by atoms with Gasteiger partial charge in [0, 0.05) is 19.3 Å². The molecule has 0 aromatic carbocycles. The molecule has 0 heterocycles. The van der Waals surface area contributed by atoms with Gasteiger partial charge in [-0.05, 0) is 89.9 Å². The predicted molar refractivity (Wildman–Crippen MR) is 358 cm³/mol. The molecule has 0 aromatic heterocycles. The molecule has 478 valence electrons. The Hall–Kier alpha value is -2.89. The Balaban J connectivity index is 4.34. The van der Waals surface area contributed by atoms with Crippen molar-refractivity contribution in [3.63, 3.8) is 0 Å². The maximum Gasteiger partial charge on any atom is 0.306 e. The molecule has 0 fully saturated rings. The molecule has 0 saturated heterocycles. The summed E-state index contributed by atoms with van der Waals surface area (Å²) in [7, 11) is 0. The van der Waals surface area contributed by atoms with Gasteiger partial charge in [-0.2, -0.15) is 0 Å². The zero-order chi connectivity index (χ0) is 59.2. The van der Waals surface area contributed by atoms with Crippen molar-refractivity contribution in [1.82, 2.24) is 0 Å². The van der Waals surface area contributed by atoms with Crippen LogP contribution in [0.5, 0.6) is 0 Å². The van der Waals surface area contributed by atoms with E-state index in [1.54, 1.807) is 0 Å². The van der Waals surface area contributed by atoms with E-state index in [0.717, 1.165) is 96.3 Å². The van der Waals surface area contributed by atoms with E-state index in [0.29, 0.717) is 19.3 Å². The lowest BCUT2D eigenvalue weighted by molar-refractivity contribution is -0.167. The van der Waals surface area contributed by atoms with Crippen LogP contribution >= 0.6 is 0 Å². The van der Waals surface area contributed by atoms with Crippen molar-refractivity contribution in [3.8, 4) is 0 Å². The first-order valence-corrected chi connectivity index (χ1v) is 36.3. The monoisotopic (exact) mass is 1150 g/mol. The van der Waals surface area contributed by atoms with E-state index in [1.807, 2.05) is 0 Å². The summed E-state index contributed by atoms with van der Waals surface area (Å²) in [6.07, 6.45) is 91.0. The number of ether oxygens (including phenoxy) is 3. The van der Waals surface area contributed by atoms with Gasteiger partial charge >= 0.3 is 17.9 Å². The Morgan fingerprint density at radius 3 is 0.695 bits per heavy atom. The van der Waals surface area contributed by atoms with E-state index >= 15 is 0 Å². The minimum Gasteiger partial charge on any atom is -0.462 e. The lowest BCUT2D eigenvalue weighted by Crippen LogP contribution is -2.30. The fourth-order valence-corrected chi connectivity index (χ4v) is 10.8. The molecule has 0 amide bonds. The molecule has 0 saturated carbocycles. The van der Waals surface area contributed by atoms with Crippen LogP contribution in [0.15, 0.2) is 60.8 Å². The normalized spacial score (nSPS) is 12.4. The molecule has 1 atom stereocenters. The molecule has 0 N–H and O–H groups in total. The summed E-state index contributed by atoms with van der Waals surface area (Å²) in [5.41, 5.74) is 0. The van der Waals surface area contributed by atoms with Gasteiger partial charge < -0.3 is 14.2 Å². The van der Waals surface area contributed by atoms with Gasteiger partial charge in [0.25, 0.3) is 0 Å². The average Bonchev–Trinajstić information content (AvgIpc) is 3.47. The molecule has 6 heteroatoms. The summed E-state index contributed by atoms with van der Waals surface area (Å²) in [6, 6.07) is 0. The summed E-state index contributed by atoms with van der Waals surface area (Å²) < 4.78 is 17.0. The van der Waals surface area contributed by atoms with Crippen molar-refractivity contribution in [1.29, 1.82) is 0 Å². The first-order valence-electron chi connectivity index (χ1n) is 36.3. The second-order valence-corrected chi connectivity index (χ2v) is 24.5. The van der Waals surface area contributed by atoms with Crippen LogP contribution in [0.1, 0.15) is 387 Å². The average molecular weight is 1150 g/mol. The standard InChI is InChI=1S/C76H138O6/c1-4-7-10-13-16-19-22-25-28-31-34-36-37-38-39-41-42-45-48-51-54-57-60-63-66-69-75(78)81-72-73(71-80-74(77)68-65-62-59-56-53-50-47-44-33-30-27-24-21-18-15-12-9-6-3)82-76(79)70-67-64-61-58-55-52-49-46-43-40-35-32-29-26-23-20-17-14-11-8-5-2/h21,23-24,26,30,32-33,35,43,46,73H,4-20,22,25,27-29,31,34,36-42,44-45,47-72H2,1-3H3/b24-21-,26-23-,33-30-,35-32-,46-43-. The molecule has 6 nitrogen and oxygen atoms in total. The van der Waals surface area contributed by atoms with Gasteiger partial charge in [-0.25, -0.2) is 0 Å². The highest BCUT2D eigenvalue weighted by Crippen LogP contribution is 2.18. The highest BCUT2D eigenvalue weighted by Gasteiger charge is 2.19. The van der Waals surface area contributed by atoms with Crippen LogP contribution in [0, 0.1) is 0 Å². The van der Waals surface area contributed by atoms with Crippen molar-refractivity contribution in [2.75, 3.05) is 13.2 Å². The van der Waals surface area contributed by atoms with E-state index in [2.05, 4.69) is 81.5 Å². The van der Waals surface area contributed by atoms with Crippen molar-refractivity contribution in [3.05, 3.63) is 60.8 Å². The quantitative estimate of drug-likeness (QED) is 0.0261. The molecular formula is C76H138O6. The van der Waals surface area contributed by atoms with Gasteiger partial charge in [-0.1, -0.05) is 338 Å². The van der Waals surface area contributed by atoms with Crippen molar-refractivity contribution < 1.29 is 28.6 Å². The van der Waals surface area contributed by atoms with Crippen LogP contribution in [0.3, 0.4) is 0 Å². The van der Waals surface area contributed by atoms with Crippen LogP contribution in [0.4, 0.5) is 0 Å². The zero-order valence-electron chi connectivity index (χ0n) is 55.0. The molecule has 0 rings (SSSR count). The Bertz CT molecular complexity index is 1460. The van der Waals surface area contributed by atoms with Crippen LogP contribution in [-0.4, -0.2) is 37.2 Å². The summed E-state index contributed by atoms with van der Waals surface area (Å²) in [6.45, 7) is 6.66. The van der Waals surface area contributed by atoms with Crippen LogP contribution in [0.2, 0.25) is 0 Å². The summed E-state index contributed by atoms with van der Waals surface area (Å²) in [4.78, 5) is 38.5. The molecule has 0 aliphatic heterocycles. The van der Waals surface area contributed by atoms with E-state index in [-0.39, 0.29) is 31.1 Å². The number of esters is 3. The maximum absolute atomic E-state index is 13.0. The molecule has 0 spiro atoms. The van der Waals surface area contributed by atoms with Gasteiger partial charge in [-0.3, -0.25) is 14.4 Å². The number of carbonyl (C=O) groups is 3. The second kappa shape index (κ2) is 70.6. The zero-order valence-corrected chi connectivity index (χ0v) is 55.0. The molecule has 82 heavy (non-hydrogen) atoms. The molecule has 0 aliphatic rings. The Morgan fingerprint density at radius 1 is 0.244 bits per heavy atom. The minimum atomic E-state index is -0.786. The first kappa shape index (κ1) is 79.1. The van der Waals surface area contributed by atoms with Crippen molar-refractivity contribution in [2.24, 2.45) is 0 Å². The Kier molecular flexibility index (Phi) is 68.1. The lowest BCUT2D eigenvalue weighted by Gasteiger charge is -2.18. The highest BCUT2D eigenvalue weighted by molar-refractivity contribution is 5.71. The van der Waals surface area contributed by atoms with Crippen LogP contribution in [0.25, 0.3) is 0 Å². The van der Waals surface area contributed by atoms with Gasteiger partial charge in [-0.15, -0.1) is 0 Å². The van der Waals surface area contributed by atoms with E-state index in [1.165, 1.54) is 250 Å². The SMILES string of the molecule is CCCCCC/C=C\C/C=C\CCCCCCCCCC(=O)OCC(COC(=O)CCCCCCCCCCCCCCCCCCCCCCCCCCC)OC(=O)CCCCCCCC/C=C\C/C=C\C/C=C\CCCCCCC. The largest absolute Gasteiger partial charge is 0.462 e. The van der Waals surface area contributed by atoms with E-state index < -0.39 is 6.10 Å². The molecule has 1 unspecified atom stereocenters. The fourth-order valence-electron chi connectivity index (χ4n) is 10.8. The van der Waals surface area contributed by atoms with Gasteiger partial charge in [0.2, 0.25) is 0 Å². The smallest absolute Gasteiger partial charge is 0.306 e. The molecule has 0 aromatic rings. The van der Waals surface area contributed by atoms with Crippen molar-refractivity contribution >= 4 is 17.9 Å². The number of rotatable bonds is 67. The minimum absolute atomic E-state index is 0.0787. The third-order valence-electron chi connectivity index (χ3n) is 16.2. The Morgan fingerprint density at radius 2 is 0.439 bits per heavy atom. The second-order valence-electron chi connectivity index (χ2n) is 24.5. The van der Waals surface area contributed by atoms with Crippen LogP contribution < -0.4 is 0 Å². The number of hydrogen-bond acceptors (Lipinski definition) is 6. The highest BCUT2D eigenvalue weighted by atomic mass is 16.6. The maximum atomic E-state index is 13.0. The summed E-state index contributed by atoms with van der Waals surface area (Å²) >= 11 is 0. The topological polar surface area (TPSA) is 78.9 Å².